The summed E-state index contributed by atoms with van der Waals surface area (Å²) in [7, 11) is 0. The average molecular weight is 345 g/mol. The number of hydrogen-bond acceptors (Lipinski definition) is 5. The largest absolute Gasteiger partial charge is 0.416 e. The van der Waals surface area contributed by atoms with Gasteiger partial charge in [-0.15, -0.1) is 0 Å². The van der Waals surface area contributed by atoms with E-state index in [2.05, 4.69) is 5.32 Å². The monoisotopic (exact) mass is 345 g/mol. The van der Waals surface area contributed by atoms with E-state index in [9.17, 15) is 13.2 Å². The van der Waals surface area contributed by atoms with Crippen molar-refractivity contribution < 1.29 is 22.6 Å². The van der Waals surface area contributed by atoms with E-state index in [4.69, 9.17) is 20.9 Å². The fourth-order valence-corrected chi connectivity index (χ4v) is 2.36. The third-order valence-electron chi connectivity index (χ3n) is 3.63. The minimum absolute atomic E-state index is 0.0442. The first kappa shape index (κ1) is 18.6. The van der Waals surface area contributed by atoms with Crippen LogP contribution in [0.1, 0.15) is 30.4 Å². The molecule has 5 N–H and O–H groups in total. The fraction of sp³-hybridized carbons (Fsp3) is 0.500. The summed E-state index contributed by atoms with van der Waals surface area (Å²) >= 11 is 0. The minimum Gasteiger partial charge on any atom is -0.399 e. The average Bonchev–Trinajstić information content (AvgIpc) is 2.58. The van der Waals surface area contributed by atoms with Gasteiger partial charge in [-0.2, -0.15) is 13.2 Å². The molecule has 8 heteroatoms. The van der Waals surface area contributed by atoms with Gasteiger partial charge in [0.1, 0.15) is 0 Å². The van der Waals surface area contributed by atoms with Crippen molar-refractivity contribution in [3.05, 3.63) is 41.2 Å². The zero-order valence-electron chi connectivity index (χ0n) is 13.2. The van der Waals surface area contributed by atoms with Crippen molar-refractivity contribution in [2.45, 2.75) is 38.3 Å². The van der Waals surface area contributed by atoms with E-state index in [0.29, 0.717) is 12.3 Å². The van der Waals surface area contributed by atoms with Gasteiger partial charge in [0.25, 0.3) is 0 Å². The van der Waals surface area contributed by atoms with E-state index in [1.807, 2.05) is 0 Å². The van der Waals surface area contributed by atoms with Gasteiger partial charge in [0.2, 0.25) is 0 Å². The van der Waals surface area contributed by atoms with Crippen LogP contribution in [0, 0.1) is 0 Å². The highest BCUT2D eigenvalue weighted by Crippen LogP contribution is 2.33. The van der Waals surface area contributed by atoms with Crippen LogP contribution in [-0.2, 0) is 22.2 Å². The molecule has 1 heterocycles. The van der Waals surface area contributed by atoms with Crippen LogP contribution in [0.15, 0.2) is 30.1 Å². The molecule has 0 aromatic heterocycles. The Kier molecular flexibility index (Phi) is 6.47. The Hall–Kier alpha value is -1.77. The van der Waals surface area contributed by atoms with Crippen LogP contribution < -0.4 is 16.8 Å². The number of ether oxygens (including phenoxy) is 2. The van der Waals surface area contributed by atoms with Gasteiger partial charge in [-0.25, -0.2) is 0 Å². The van der Waals surface area contributed by atoms with Crippen molar-refractivity contribution in [3.8, 4) is 0 Å². The maximum Gasteiger partial charge on any atom is 0.416 e. The van der Waals surface area contributed by atoms with Gasteiger partial charge < -0.3 is 26.3 Å². The first-order valence-corrected chi connectivity index (χ1v) is 7.74. The van der Waals surface area contributed by atoms with Crippen molar-refractivity contribution in [3.63, 3.8) is 0 Å². The maximum atomic E-state index is 13.0. The molecule has 24 heavy (non-hydrogen) atoms. The van der Waals surface area contributed by atoms with Crippen molar-refractivity contribution >= 4 is 5.69 Å². The molecule has 1 aromatic carbocycles. The zero-order valence-corrected chi connectivity index (χ0v) is 13.2. The number of alkyl halides is 3. The van der Waals surface area contributed by atoms with E-state index in [0.717, 1.165) is 25.3 Å². The third kappa shape index (κ3) is 5.40. The number of halogens is 3. The maximum absolute atomic E-state index is 13.0. The molecule has 0 amide bonds. The predicted molar refractivity (Wildman–Crippen MR) is 84.8 cm³/mol. The second kappa shape index (κ2) is 8.36. The quantitative estimate of drug-likeness (QED) is 0.738. The summed E-state index contributed by atoms with van der Waals surface area (Å²) < 4.78 is 49.9. The first-order valence-electron chi connectivity index (χ1n) is 7.74. The number of nitrogens with one attached hydrogen (secondary N) is 1. The summed E-state index contributed by atoms with van der Waals surface area (Å²) in [5.41, 5.74) is 11.1. The van der Waals surface area contributed by atoms with Gasteiger partial charge in [-0.1, -0.05) is 6.07 Å². The Morgan fingerprint density at radius 1 is 1.38 bits per heavy atom. The summed E-state index contributed by atoms with van der Waals surface area (Å²) in [6.07, 6.45) is -0.432. The number of rotatable bonds is 6. The highest BCUT2D eigenvalue weighted by Gasteiger charge is 2.33. The normalized spacial score (nSPS) is 19.3. The van der Waals surface area contributed by atoms with Gasteiger partial charge in [0, 0.05) is 25.0 Å². The smallest absolute Gasteiger partial charge is 0.399 e. The van der Waals surface area contributed by atoms with Crippen molar-refractivity contribution in [2.24, 2.45) is 11.5 Å². The van der Waals surface area contributed by atoms with Gasteiger partial charge in [0.15, 0.2) is 6.29 Å². The van der Waals surface area contributed by atoms with Crippen LogP contribution >= 0.6 is 0 Å². The van der Waals surface area contributed by atoms with Crippen molar-refractivity contribution in [1.82, 2.24) is 0 Å². The Labute approximate surface area is 138 Å². The zero-order chi connectivity index (χ0) is 17.6. The van der Waals surface area contributed by atoms with Crippen LogP contribution in [0.5, 0.6) is 0 Å². The van der Waals surface area contributed by atoms with Gasteiger partial charge in [0.05, 0.1) is 17.9 Å². The van der Waals surface area contributed by atoms with Crippen LogP contribution in [0.4, 0.5) is 18.9 Å². The molecule has 5 nitrogen and oxygen atoms in total. The molecule has 0 saturated carbocycles. The van der Waals surface area contributed by atoms with Crippen LogP contribution in [0.25, 0.3) is 0 Å². The molecule has 1 atom stereocenters. The second-order valence-electron chi connectivity index (χ2n) is 5.54. The molecule has 1 saturated heterocycles. The van der Waals surface area contributed by atoms with E-state index < -0.39 is 11.7 Å². The van der Waals surface area contributed by atoms with E-state index >= 15 is 0 Å². The summed E-state index contributed by atoms with van der Waals surface area (Å²) in [6.45, 7) is 0.632. The lowest BCUT2D eigenvalue weighted by atomic mass is 10.1. The van der Waals surface area contributed by atoms with E-state index in [1.54, 1.807) is 0 Å². The molecule has 1 fully saturated rings. The Bertz CT molecular complexity index is 570. The number of anilines is 1. The molecule has 0 bridgehead atoms. The molecule has 0 aliphatic carbocycles. The van der Waals surface area contributed by atoms with Crippen molar-refractivity contribution in [1.29, 1.82) is 0 Å². The van der Waals surface area contributed by atoms with E-state index in [1.165, 1.54) is 18.3 Å². The highest BCUT2D eigenvalue weighted by atomic mass is 19.4. The Balaban J connectivity index is 1.94. The molecule has 0 spiro atoms. The lowest BCUT2D eigenvalue weighted by Gasteiger charge is -2.22. The summed E-state index contributed by atoms with van der Waals surface area (Å²) in [5, 5.41) is 2.75. The molecule has 1 aliphatic rings. The molecule has 1 aromatic rings. The number of nitrogens with two attached hydrogens (primary N) is 2. The minimum atomic E-state index is -4.46. The third-order valence-corrected chi connectivity index (χ3v) is 3.63. The Morgan fingerprint density at radius 3 is 2.79 bits per heavy atom. The number of hydrogen-bond donors (Lipinski definition) is 3. The molecular weight excluding hydrogens is 323 g/mol. The summed E-state index contributed by atoms with van der Waals surface area (Å²) in [4.78, 5) is 0. The van der Waals surface area contributed by atoms with Gasteiger partial charge in [-0.3, -0.25) is 0 Å². The van der Waals surface area contributed by atoms with E-state index in [-0.39, 0.29) is 30.7 Å². The van der Waals surface area contributed by atoms with Gasteiger partial charge >= 0.3 is 6.18 Å². The molecule has 1 unspecified atom stereocenters. The topological polar surface area (TPSA) is 82.5 Å². The summed E-state index contributed by atoms with van der Waals surface area (Å²) in [6, 6.07) is 3.88. The predicted octanol–water partition coefficient (Wildman–Crippen LogP) is 2.92. The first-order chi connectivity index (χ1) is 11.4. The lowest BCUT2D eigenvalue weighted by Crippen LogP contribution is -2.24. The molecule has 0 radical (unpaired) electrons. The van der Waals surface area contributed by atoms with Crippen molar-refractivity contribution in [2.75, 3.05) is 18.5 Å². The van der Waals surface area contributed by atoms with Crippen LogP contribution in [-0.4, -0.2) is 19.5 Å². The molecule has 2 rings (SSSR count). The SMILES string of the molecule is NCc1ccc(N/C=C(\N)COC2CCCCO2)cc1C(F)(F)F. The fourth-order valence-electron chi connectivity index (χ4n) is 2.36. The lowest BCUT2D eigenvalue weighted by molar-refractivity contribution is -0.157. The highest BCUT2D eigenvalue weighted by molar-refractivity contribution is 5.51. The summed E-state index contributed by atoms with van der Waals surface area (Å²) in [5.74, 6) is 0. The Morgan fingerprint density at radius 2 is 2.17 bits per heavy atom. The molecule has 1 aliphatic heterocycles. The molecular formula is C16H22F3N3O2. The number of benzene rings is 1. The standard InChI is InChI=1S/C16H22F3N3O2/c17-16(18,19)14-7-13(5-4-11(14)8-20)22-9-12(21)10-24-15-3-1-2-6-23-15/h4-5,7,9,15,22H,1-3,6,8,10,20-21H2/b12-9-. The van der Waals surface area contributed by atoms with Crippen LogP contribution in [0.3, 0.4) is 0 Å². The molecule has 134 valence electrons. The van der Waals surface area contributed by atoms with Crippen LogP contribution in [0.2, 0.25) is 0 Å². The second-order valence-corrected chi connectivity index (χ2v) is 5.54. The van der Waals surface area contributed by atoms with Gasteiger partial charge in [-0.05, 0) is 37.0 Å².